The molecule has 1 heterocycles. The zero-order valence-corrected chi connectivity index (χ0v) is 16.2. The van der Waals surface area contributed by atoms with Gasteiger partial charge in [-0.05, 0) is 37.5 Å². The van der Waals surface area contributed by atoms with Gasteiger partial charge in [-0.1, -0.05) is 58.7 Å². The first-order chi connectivity index (χ1) is 11.6. The quantitative estimate of drug-likeness (QED) is 0.741. The molecule has 2 N–H and O–H groups in total. The van der Waals surface area contributed by atoms with E-state index in [9.17, 15) is 4.79 Å². The first kappa shape index (κ1) is 17.4. The number of carbonyl (C=O) groups excluding carboxylic acids is 1. The number of anilines is 1. The number of rotatable bonds is 5. The summed E-state index contributed by atoms with van der Waals surface area (Å²) in [6.07, 6.45) is 6.29. The van der Waals surface area contributed by atoms with Crippen molar-refractivity contribution in [1.29, 1.82) is 0 Å². The van der Waals surface area contributed by atoms with Gasteiger partial charge in [0.2, 0.25) is 0 Å². The van der Waals surface area contributed by atoms with Crippen molar-refractivity contribution in [2.45, 2.75) is 51.6 Å². The van der Waals surface area contributed by atoms with Crippen LogP contribution < -0.4 is 10.6 Å². The van der Waals surface area contributed by atoms with Gasteiger partial charge in [0.15, 0.2) is 5.13 Å². The molecule has 0 aliphatic heterocycles. The molecule has 0 saturated heterocycles. The van der Waals surface area contributed by atoms with Gasteiger partial charge in [-0.25, -0.2) is 4.98 Å². The van der Waals surface area contributed by atoms with Gasteiger partial charge in [0.1, 0.15) is 4.88 Å². The second kappa shape index (κ2) is 8.12. The van der Waals surface area contributed by atoms with E-state index >= 15 is 0 Å². The SMILES string of the molecule is Cc1nc(NC2CCCCC2)sc1C(=O)NCc1ccc(Br)cc1. The molecule has 0 radical (unpaired) electrons. The fourth-order valence-electron chi connectivity index (χ4n) is 2.96. The minimum absolute atomic E-state index is 0.0513. The minimum atomic E-state index is -0.0513. The number of halogens is 1. The van der Waals surface area contributed by atoms with Gasteiger partial charge in [-0.15, -0.1) is 0 Å². The summed E-state index contributed by atoms with van der Waals surface area (Å²) in [5.74, 6) is -0.0513. The van der Waals surface area contributed by atoms with Crippen molar-refractivity contribution in [2.75, 3.05) is 5.32 Å². The second-order valence-corrected chi connectivity index (χ2v) is 8.14. The first-order valence-electron chi connectivity index (χ1n) is 8.38. The molecule has 1 aromatic carbocycles. The van der Waals surface area contributed by atoms with Gasteiger partial charge in [0.25, 0.3) is 5.91 Å². The summed E-state index contributed by atoms with van der Waals surface area (Å²) in [4.78, 5) is 17.7. The van der Waals surface area contributed by atoms with Gasteiger partial charge >= 0.3 is 0 Å². The van der Waals surface area contributed by atoms with Crippen molar-refractivity contribution in [3.8, 4) is 0 Å². The van der Waals surface area contributed by atoms with E-state index in [0.717, 1.165) is 20.9 Å². The van der Waals surface area contributed by atoms with E-state index in [1.807, 2.05) is 31.2 Å². The fraction of sp³-hybridized carbons (Fsp3) is 0.444. The van der Waals surface area contributed by atoms with E-state index in [1.165, 1.54) is 43.4 Å². The van der Waals surface area contributed by atoms with Crippen LogP contribution in [0.15, 0.2) is 28.7 Å². The Labute approximate surface area is 155 Å². The molecule has 128 valence electrons. The average Bonchev–Trinajstić information content (AvgIpc) is 2.95. The summed E-state index contributed by atoms with van der Waals surface area (Å²) in [6, 6.07) is 8.46. The van der Waals surface area contributed by atoms with Gasteiger partial charge < -0.3 is 10.6 Å². The Morgan fingerprint density at radius 2 is 1.96 bits per heavy atom. The third kappa shape index (κ3) is 4.57. The Morgan fingerprint density at radius 3 is 2.67 bits per heavy atom. The van der Waals surface area contributed by atoms with Crippen molar-refractivity contribution in [1.82, 2.24) is 10.3 Å². The Balaban J connectivity index is 1.59. The van der Waals surface area contributed by atoms with Gasteiger partial charge in [0.05, 0.1) is 5.69 Å². The third-order valence-electron chi connectivity index (χ3n) is 4.30. The van der Waals surface area contributed by atoms with Crippen LogP contribution in [0, 0.1) is 6.92 Å². The molecule has 1 aliphatic rings. The first-order valence-corrected chi connectivity index (χ1v) is 9.99. The number of aryl methyl sites for hydroxylation is 1. The highest BCUT2D eigenvalue weighted by Gasteiger charge is 2.18. The van der Waals surface area contributed by atoms with E-state index in [4.69, 9.17) is 0 Å². The van der Waals surface area contributed by atoms with Crippen LogP contribution >= 0.6 is 27.3 Å². The molecule has 0 unspecified atom stereocenters. The summed E-state index contributed by atoms with van der Waals surface area (Å²) in [5, 5.41) is 7.35. The van der Waals surface area contributed by atoms with E-state index in [2.05, 4.69) is 31.5 Å². The maximum Gasteiger partial charge on any atom is 0.263 e. The van der Waals surface area contributed by atoms with Crippen LogP contribution in [0.4, 0.5) is 5.13 Å². The number of aromatic nitrogens is 1. The molecular weight excluding hydrogens is 386 g/mol. The lowest BCUT2D eigenvalue weighted by atomic mass is 9.96. The molecule has 3 rings (SSSR count). The molecule has 1 aliphatic carbocycles. The van der Waals surface area contributed by atoms with Crippen LogP contribution in [-0.4, -0.2) is 16.9 Å². The smallest absolute Gasteiger partial charge is 0.263 e. The van der Waals surface area contributed by atoms with Crippen molar-refractivity contribution < 1.29 is 4.79 Å². The minimum Gasteiger partial charge on any atom is -0.359 e. The molecule has 4 nitrogen and oxygen atoms in total. The van der Waals surface area contributed by atoms with E-state index < -0.39 is 0 Å². The lowest BCUT2D eigenvalue weighted by Gasteiger charge is -2.22. The van der Waals surface area contributed by atoms with Gasteiger partial charge in [0, 0.05) is 17.1 Å². The molecule has 24 heavy (non-hydrogen) atoms. The largest absolute Gasteiger partial charge is 0.359 e. The highest BCUT2D eigenvalue weighted by atomic mass is 79.9. The number of nitrogens with zero attached hydrogens (tertiary/aromatic N) is 1. The fourth-order valence-corrected chi connectivity index (χ4v) is 4.18. The van der Waals surface area contributed by atoms with Crippen molar-refractivity contribution in [3.05, 3.63) is 44.9 Å². The van der Waals surface area contributed by atoms with Crippen LogP contribution in [0.1, 0.15) is 53.0 Å². The molecule has 2 aromatic rings. The van der Waals surface area contributed by atoms with Crippen LogP contribution in [0.5, 0.6) is 0 Å². The molecule has 0 spiro atoms. The third-order valence-corrected chi connectivity index (χ3v) is 5.92. The summed E-state index contributed by atoms with van der Waals surface area (Å²) in [6.45, 7) is 2.42. The van der Waals surface area contributed by atoms with Crippen LogP contribution in [0.25, 0.3) is 0 Å². The maximum atomic E-state index is 12.4. The van der Waals surface area contributed by atoms with Crippen LogP contribution in [0.2, 0.25) is 0 Å². The Hall–Kier alpha value is -1.40. The monoisotopic (exact) mass is 407 g/mol. The molecule has 1 saturated carbocycles. The number of amides is 1. The molecule has 1 fully saturated rings. The number of hydrogen-bond acceptors (Lipinski definition) is 4. The molecule has 0 atom stereocenters. The second-order valence-electron chi connectivity index (χ2n) is 6.22. The van der Waals surface area contributed by atoms with Crippen LogP contribution in [0.3, 0.4) is 0 Å². The van der Waals surface area contributed by atoms with E-state index in [-0.39, 0.29) is 5.91 Å². The average molecular weight is 408 g/mol. The highest BCUT2D eigenvalue weighted by Crippen LogP contribution is 2.27. The van der Waals surface area contributed by atoms with Crippen molar-refractivity contribution in [2.24, 2.45) is 0 Å². The topological polar surface area (TPSA) is 54.0 Å². The Morgan fingerprint density at radius 1 is 1.25 bits per heavy atom. The standard InChI is InChI=1S/C18H22BrN3OS/c1-12-16(17(23)20-11-13-7-9-14(19)10-8-13)24-18(21-12)22-15-5-3-2-4-6-15/h7-10,15H,2-6,11H2,1H3,(H,20,23)(H,21,22). The van der Waals surface area contributed by atoms with Crippen LogP contribution in [-0.2, 0) is 6.54 Å². The maximum absolute atomic E-state index is 12.4. The van der Waals surface area contributed by atoms with Gasteiger partial charge in [-0.2, -0.15) is 0 Å². The summed E-state index contributed by atoms with van der Waals surface area (Å²) < 4.78 is 1.04. The highest BCUT2D eigenvalue weighted by molar-refractivity contribution is 9.10. The molecular formula is C18H22BrN3OS. The number of carbonyl (C=O) groups is 1. The number of benzene rings is 1. The normalized spacial score (nSPS) is 15.2. The predicted octanol–water partition coefficient (Wildman–Crippen LogP) is 4.89. The Bertz CT molecular complexity index is 693. The lowest BCUT2D eigenvalue weighted by molar-refractivity contribution is 0.0954. The molecule has 6 heteroatoms. The van der Waals surface area contributed by atoms with E-state index in [0.29, 0.717) is 17.5 Å². The zero-order chi connectivity index (χ0) is 16.9. The molecule has 0 bridgehead atoms. The summed E-state index contributed by atoms with van der Waals surface area (Å²) >= 11 is 4.87. The number of hydrogen-bond donors (Lipinski definition) is 2. The summed E-state index contributed by atoms with van der Waals surface area (Å²) in [5.41, 5.74) is 1.88. The Kier molecular flexibility index (Phi) is 5.89. The molecule has 1 aromatic heterocycles. The number of nitrogens with one attached hydrogen (secondary N) is 2. The lowest BCUT2D eigenvalue weighted by Crippen LogP contribution is -2.22. The predicted molar refractivity (Wildman–Crippen MR) is 103 cm³/mol. The molecule has 1 amide bonds. The zero-order valence-electron chi connectivity index (χ0n) is 13.8. The summed E-state index contributed by atoms with van der Waals surface area (Å²) in [7, 11) is 0. The van der Waals surface area contributed by atoms with Crippen molar-refractivity contribution in [3.63, 3.8) is 0 Å². The van der Waals surface area contributed by atoms with Crippen molar-refractivity contribution >= 4 is 38.3 Å². The van der Waals surface area contributed by atoms with Gasteiger partial charge in [-0.3, -0.25) is 4.79 Å². The number of thiazole rings is 1. The van der Waals surface area contributed by atoms with E-state index in [1.54, 1.807) is 0 Å².